The lowest BCUT2D eigenvalue weighted by molar-refractivity contribution is 0.182. The van der Waals surface area contributed by atoms with E-state index in [0.29, 0.717) is 11.8 Å². The van der Waals surface area contributed by atoms with Crippen LogP contribution in [0.5, 0.6) is 5.75 Å². The minimum Gasteiger partial charge on any atom is -0.508 e. The highest BCUT2D eigenvalue weighted by Crippen LogP contribution is 2.29. The molecule has 1 aromatic carbocycles. The summed E-state index contributed by atoms with van der Waals surface area (Å²) in [5.41, 5.74) is 0.941. The minimum absolute atomic E-state index is 0.161. The zero-order valence-electron chi connectivity index (χ0n) is 11.2. The van der Waals surface area contributed by atoms with E-state index >= 15 is 0 Å². The smallest absolute Gasteiger partial charge is 0.120 e. The number of aromatic hydroxyl groups is 1. The first-order chi connectivity index (χ1) is 8.58. The van der Waals surface area contributed by atoms with Gasteiger partial charge < -0.3 is 15.2 Å². The fraction of sp³-hybridized carbons (Fsp3) is 0.571. The molecule has 0 saturated heterocycles. The maximum absolute atomic E-state index is 9.94. The van der Waals surface area contributed by atoms with Gasteiger partial charge in [0, 0.05) is 35.8 Å². The van der Waals surface area contributed by atoms with E-state index in [1.165, 1.54) is 0 Å². The van der Waals surface area contributed by atoms with E-state index in [2.05, 4.69) is 35.1 Å². The van der Waals surface area contributed by atoms with Crippen LogP contribution in [0.25, 0.3) is 0 Å². The van der Waals surface area contributed by atoms with Crippen LogP contribution in [0.2, 0.25) is 0 Å². The molecule has 1 rings (SSSR count). The molecule has 0 aliphatic heterocycles. The van der Waals surface area contributed by atoms with Gasteiger partial charge in [-0.3, -0.25) is 0 Å². The second kappa shape index (κ2) is 7.77. The van der Waals surface area contributed by atoms with E-state index in [-0.39, 0.29) is 6.04 Å². The van der Waals surface area contributed by atoms with Gasteiger partial charge in [0.1, 0.15) is 5.75 Å². The minimum atomic E-state index is 0.161. The van der Waals surface area contributed by atoms with E-state index in [1.807, 2.05) is 12.1 Å². The van der Waals surface area contributed by atoms with E-state index in [4.69, 9.17) is 4.74 Å². The number of benzene rings is 1. The van der Waals surface area contributed by atoms with Crippen molar-refractivity contribution in [2.24, 2.45) is 0 Å². The first-order valence-electron chi connectivity index (χ1n) is 6.31. The Morgan fingerprint density at radius 3 is 2.78 bits per heavy atom. The average molecular weight is 316 g/mol. The largest absolute Gasteiger partial charge is 0.508 e. The molecule has 0 aromatic heterocycles. The molecule has 2 N–H and O–H groups in total. The van der Waals surface area contributed by atoms with Crippen LogP contribution < -0.4 is 5.32 Å². The maximum atomic E-state index is 9.94. The molecule has 4 heteroatoms. The summed E-state index contributed by atoms with van der Waals surface area (Å²) >= 11 is 3.44. The zero-order chi connectivity index (χ0) is 13.5. The lowest BCUT2D eigenvalue weighted by Gasteiger charge is -2.23. The number of phenols is 1. The van der Waals surface area contributed by atoms with E-state index < -0.39 is 0 Å². The molecule has 2 unspecified atom stereocenters. The first kappa shape index (κ1) is 15.5. The van der Waals surface area contributed by atoms with Gasteiger partial charge in [-0.1, -0.05) is 22.9 Å². The molecule has 2 atom stereocenters. The summed E-state index contributed by atoms with van der Waals surface area (Å²) in [5, 5.41) is 13.5. The summed E-state index contributed by atoms with van der Waals surface area (Å²) in [6.07, 6.45) is 1.89. The number of rotatable bonds is 7. The molecular weight excluding hydrogens is 294 g/mol. The fourth-order valence-electron chi connectivity index (χ4n) is 1.95. The van der Waals surface area contributed by atoms with Gasteiger partial charge in [0.15, 0.2) is 0 Å². The molecule has 0 fully saturated rings. The second-order valence-corrected chi connectivity index (χ2v) is 5.43. The van der Waals surface area contributed by atoms with Crippen LogP contribution in [-0.2, 0) is 4.74 Å². The monoisotopic (exact) mass is 315 g/mol. The Morgan fingerprint density at radius 1 is 1.44 bits per heavy atom. The highest BCUT2D eigenvalue weighted by molar-refractivity contribution is 9.10. The fourth-order valence-corrected chi connectivity index (χ4v) is 2.33. The molecule has 0 aliphatic rings. The average Bonchev–Trinajstić information content (AvgIpc) is 2.36. The lowest BCUT2D eigenvalue weighted by atomic mass is 10.0. The molecule has 0 amide bonds. The Labute approximate surface area is 118 Å². The Morgan fingerprint density at radius 2 is 2.17 bits per heavy atom. The summed E-state index contributed by atoms with van der Waals surface area (Å²) in [7, 11) is 1.71. The van der Waals surface area contributed by atoms with Gasteiger partial charge in [0.25, 0.3) is 0 Å². The predicted molar refractivity (Wildman–Crippen MR) is 77.9 cm³/mol. The van der Waals surface area contributed by atoms with Crippen molar-refractivity contribution in [3.8, 4) is 5.75 Å². The number of phenolic OH excluding ortho intramolecular Hbond substituents is 1. The van der Waals surface area contributed by atoms with Crippen LogP contribution in [0.3, 0.4) is 0 Å². The normalized spacial score (nSPS) is 14.4. The van der Waals surface area contributed by atoms with Crippen molar-refractivity contribution in [1.82, 2.24) is 5.32 Å². The SMILES string of the molecule is CCC(NC(C)CCOC)c1cc(Br)ccc1O. The molecular formula is C14H22BrNO2. The van der Waals surface area contributed by atoms with Crippen LogP contribution in [0, 0.1) is 0 Å². The standard InChI is InChI=1S/C14H22BrNO2/c1-4-13(16-10(2)7-8-18-3)12-9-11(15)5-6-14(12)17/h5-6,9-10,13,16-17H,4,7-8H2,1-3H3. The Kier molecular flexibility index (Phi) is 6.68. The van der Waals surface area contributed by atoms with Gasteiger partial charge >= 0.3 is 0 Å². The molecule has 0 radical (unpaired) electrons. The van der Waals surface area contributed by atoms with Gasteiger partial charge in [0.2, 0.25) is 0 Å². The van der Waals surface area contributed by atoms with Crippen molar-refractivity contribution < 1.29 is 9.84 Å². The van der Waals surface area contributed by atoms with Gasteiger partial charge in [0.05, 0.1) is 0 Å². The van der Waals surface area contributed by atoms with E-state index in [0.717, 1.165) is 29.5 Å². The van der Waals surface area contributed by atoms with Gasteiger partial charge in [-0.05, 0) is 38.0 Å². The summed E-state index contributed by atoms with van der Waals surface area (Å²) in [6, 6.07) is 6.06. The van der Waals surface area contributed by atoms with Crippen LogP contribution >= 0.6 is 15.9 Å². The Balaban J connectivity index is 2.73. The quantitative estimate of drug-likeness (QED) is 0.807. The van der Waals surface area contributed by atoms with Crippen LogP contribution in [0.15, 0.2) is 22.7 Å². The maximum Gasteiger partial charge on any atom is 0.120 e. The number of hydrogen-bond donors (Lipinski definition) is 2. The Hall–Kier alpha value is -0.580. The van der Waals surface area contributed by atoms with Crippen molar-refractivity contribution in [3.63, 3.8) is 0 Å². The van der Waals surface area contributed by atoms with Gasteiger partial charge in [-0.2, -0.15) is 0 Å². The van der Waals surface area contributed by atoms with Crippen LogP contribution in [-0.4, -0.2) is 24.9 Å². The molecule has 3 nitrogen and oxygen atoms in total. The Bertz CT molecular complexity index is 371. The highest BCUT2D eigenvalue weighted by Gasteiger charge is 2.16. The molecule has 0 aliphatic carbocycles. The molecule has 0 spiro atoms. The molecule has 1 aromatic rings. The third-order valence-corrected chi connectivity index (χ3v) is 3.51. The summed E-state index contributed by atoms with van der Waals surface area (Å²) < 4.78 is 6.07. The third kappa shape index (κ3) is 4.59. The molecule has 0 bridgehead atoms. The number of halogens is 1. The predicted octanol–water partition coefficient (Wildman–Crippen LogP) is 3.62. The second-order valence-electron chi connectivity index (χ2n) is 4.51. The lowest BCUT2D eigenvalue weighted by Crippen LogP contribution is -2.31. The first-order valence-corrected chi connectivity index (χ1v) is 7.11. The summed E-state index contributed by atoms with van der Waals surface area (Å²) in [5.74, 6) is 0.344. The number of methoxy groups -OCH3 is 1. The van der Waals surface area contributed by atoms with Gasteiger partial charge in [-0.15, -0.1) is 0 Å². The van der Waals surface area contributed by atoms with Crippen molar-refractivity contribution in [2.45, 2.75) is 38.8 Å². The van der Waals surface area contributed by atoms with Crippen LogP contribution in [0.4, 0.5) is 0 Å². The number of nitrogens with one attached hydrogen (secondary N) is 1. The number of hydrogen-bond acceptors (Lipinski definition) is 3. The highest BCUT2D eigenvalue weighted by atomic mass is 79.9. The number of ether oxygens (including phenoxy) is 1. The van der Waals surface area contributed by atoms with Crippen molar-refractivity contribution >= 4 is 15.9 Å². The molecule has 0 heterocycles. The van der Waals surface area contributed by atoms with Crippen molar-refractivity contribution in [3.05, 3.63) is 28.2 Å². The molecule has 18 heavy (non-hydrogen) atoms. The third-order valence-electron chi connectivity index (χ3n) is 3.01. The topological polar surface area (TPSA) is 41.5 Å². The zero-order valence-corrected chi connectivity index (χ0v) is 12.8. The molecule has 102 valence electrons. The van der Waals surface area contributed by atoms with Crippen LogP contribution in [0.1, 0.15) is 38.3 Å². The van der Waals surface area contributed by atoms with E-state index in [9.17, 15) is 5.11 Å². The van der Waals surface area contributed by atoms with Crippen molar-refractivity contribution in [2.75, 3.05) is 13.7 Å². The summed E-state index contributed by atoms with van der Waals surface area (Å²) in [4.78, 5) is 0. The molecule has 0 saturated carbocycles. The van der Waals surface area contributed by atoms with Crippen molar-refractivity contribution in [1.29, 1.82) is 0 Å². The van der Waals surface area contributed by atoms with Gasteiger partial charge in [-0.25, -0.2) is 0 Å². The van der Waals surface area contributed by atoms with E-state index in [1.54, 1.807) is 13.2 Å². The summed E-state index contributed by atoms with van der Waals surface area (Å²) in [6.45, 7) is 4.99.